The molecule has 1 atom stereocenters. The number of fused-ring (bicyclic) bond motifs is 1. The summed E-state index contributed by atoms with van der Waals surface area (Å²) in [4.78, 5) is 16.9. The van der Waals surface area contributed by atoms with Crippen LogP contribution in [-0.2, 0) is 13.1 Å². The Morgan fingerprint density at radius 2 is 2.18 bits per heavy atom. The number of para-hydroxylation sites is 1. The lowest BCUT2D eigenvalue weighted by Gasteiger charge is -2.26. The molecule has 22 heavy (non-hydrogen) atoms. The number of hydrogen-bond donors (Lipinski definition) is 2. The molecule has 0 radical (unpaired) electrons. The second-order valence-electron chi connectivity index (χ2n) is 5.93. The molecule has 2 aromatic rings. The van der Waals surface area contributed by atoms with Crippen LogP contribution in [0.3, 0.4) is 0 Å². The van der Waals surface area contributed by atoms with Crippen LogP contribution in [0.4, 0.5) is 5.69 Å². The summed E-state index contributed by atoms with van der Waals surface area (Å²) in [5.74, 6) is 1.50. The predicted molar refractivity (Wildman–Crippen MR) is 85.0 cm³/mol. The molecule has 1 fully saturated rings. The number of carbonyl (C=O) groups excluding carboxylic acids is 1. The van der Waals surface area contributed by atoms with Crippen molar-refractivity contribution < 1.29 is 4.79 Å². The summed E-state index contributed by atoms with van der Waals surface area (Å²) in [6.07, 6.45) is 4.21. The van der Waals surface area contributed by atoms with Gasteiger partial charge in [-0.3, -0.25) is 4.79 Å². The molecule has 5 nitrogen and oxygen atoms in total. The highest BCUT2D eigenvalue weighted by atomic mass is 35.5. The number of nitrogens with zero attached hydrogens (tertiary/aromatic N) is 2. The van der Waals surface area contributed by atoms with Crippen molar-refractivity contribution in [2.45, 2.75) is 32.0 Å². The minimum absolute atomic E-state index is 0.164. The maximum atomic E-state index is 12.5. The third kappa shape index (κ3) is 2.51. The highest BCUT2D eigenvalue weighted by Gasteiger charge is 2.35. The minimum atomic E-state index is -0.164. The first-order valence-corrected chi connectivity index (χ1v) is 7.94. The number of carbonyl (C=O) groups is 1. The quantitative estimate of drug-likeness (QED) is 0.915. The Morgan fingerprint density at radius 3 is 2.95 bits per heavy atom. The van der Waals surface area contributed by atoms with Crippen molar-refractivity contribution in [3.63, 3.8) is 0 Å². The van der Waals surface area contributed by atoms with Gasteiger partial charge in [0.1, 0.15) is 11.5 Å². The van der Waals surface area contributed by atoms with E-state index in [4.69, 9.17) is 11.6 Å². The van der Waals surface area contributed by atoms with E-state index in [-0.39, 0.29) is 5.91 Å². The zero-order valence-corrected chi connectivity index (χ0v) is 12.8. The Hall–Kier alpha value is -1.85. The van der Waals surface area contributed by atoms with E-state index in [9.17, 15) is 4.79 Å². The number of benzene rings is 1. The van der Waals surface area contributed by atoms with Crippen molar-refractivity contribution in [3.8, 4) is 0 Å². The zero-order valence-electron chi connectivity index (χ0n) is 12.1. The largest absolute Gasteiger partial charge is 0.321 e. The first-order chi connectivity index (χ1) is 10.7. The van der Waals surface area contributed by atoms with Crippen LogP contribution >= 0.6 is 11.6 Å². The lowest BCUT2D eigenvalue weighted by molar-refractivity contribution is 0.101. The maximum Gasteiger partial charge on any atom is 0.273 e. The topological polar surface area (TPSA) is 59.0 Å². The predicted octanol–water partition coefficient (Wildman–Crippen LogP) is 2.67. The smallest absolute Gasteiger partial charge is 0.273 e. The van der Waals surface area contributed by atoms with Crippen LogP contribution in [0.2, 0.25) is 5.02 Å². The van der Waals surface area contributed by atoms with E-state index in [1.165, 1.54) is 12.8 Å². The summed E-state index contributed by atoms with van der Waals surface area (Å²) < 4.78 is 2.03. The fraction of sp³-hybridized carbons (Fsp3) is 0.375. The Labute approximate surface area is 133 Å². The number of imidazole rings is 1. The molecular formula is C16H17ClN4O. The van der Waals surface area contributed by atoms with Gasteiger partial charge >= 0.3 is 0 Å². The lowest BCUT2D eigenvalue weighted by atomic mass is 10.1. The van der Waals surface area contributed by atoms with Gasteiger partial charge in [0.25, 0.3) is 5.91 Å². The molecule has 1 unspecified atom stereocenters. The van der Waals surface area contributed by atoms with Crippen LogP contribution in [0.5, 0.6) is 0 Å². The summed E-state index contributed by atoms with van der Waals surface area (Å²) in [5.41, 5.74) is 1.22. The summed E-state index contributed by atoms with van der Waals surface area (Å²) in [5, 5.41) is 6.92. The molecule has 1 aliphatic heterocycles. The van der Waals surface area contributed by atoms with Gasteiger partial charge in [-0.05, 0) is 30.9 Å². The van der Waals surface area contributed by atoms with E-state index in [1.54, 1.807) is 18.3 Å². The van der Waals surface area contributed by atoms with Crippen LogP contribution in [-0.4, -0.2) is 21.5 Å². The molecule has 0 saturated heterocycles. The monoisotopic (exact) mass is 316 g/mol. The number of amides is 1. The molecule has 2 aliphatic rings. The Kier molecular flexibility index (Phi) is 3.39. The zero-order chi connectivity index (χ0) is 15.1. The first-order valence-electron chi connectivity index (χ1n) is 7.56. The Morgan fingerprint density at radius 1 is 1.36 bits per heavy atom. The molecular weight excluding hydrogens is 300 g/mol. The third-order valence-corrected chi connectivity index (χ3v) is 4.72. The Bertz CT molecular complexity index is 723. The second kappa shape index (κ2) is 5.41. The standard InChI is InChI=1S/C16H17ClN4O/c17-11-3-1-2-4-12(11)20-16(22)14-7-19-15-8-18-13(9-21(14)15)10-5-6-10/h1-4,7,10,13,18H,5-6,8-9H2,(H,20,22). The fourth-order valence-electron chi connectivity index (χ4n) is 2.99. The van der Waals surface area contributed by atoms with Gasteiger partial charge in [0.2, 0.25) is 0 Å². The Balaban J connectivity index is 1.57. The van der Waals surface area contributed by atoms with E-state index in [1.807, 2.05) is 16.7 Å². The van der Waals surface area contributed by atoms with Gasteiger partial charge in [-0.25, -0.2) is 4.98 Å². The summed E-state index contributed by atoms with van der Waals surface area (Å²) in [7, 11) is 0. The number of nitrogens with one attached hydrogen (secondary N) is 2. The van der Waals surface area contributed by atoms with Crippen molar-refractivity contribution in [1.29, 1.82) is 0 Å². The summed E-state index contributed by atoms with van der Waals surface area (Å²) in [6.45, 7) is 1.53. The van der Waals surface area contributed by atoms with Gasteiger partial charge in [-0.15, -0.1) is 0 Å². The van der Waals surface area contributed by atoms with E-state index in [2.05, 4.69) is 15.6 Å². The van der Waals surface area contributed by atoms with Gasteiger partial charge in [0.15, 0.2) is 0 Å². The number of rotatable bonds is 3. The molecule has 0 spiro atoms. The van der Waals surface area contributed by atoms with Crippen molar-refractivity contribution in [2.75, 3.05) is 5.32 Å². The van der Waals surface area contributed by atoms with Gasteiger partial charge in [0, 0.05) is 12.6 Å². The van der Waals surface area contributed by atoms with Gasteiger partial charge in [-0.1, -0.05) is 23.7 Å². The molecule has 2 N–H and O–H groups in total. The number of hydrogen-bond acceptors (Lipinski definition) is 3. The third-order valence-electron chi connectivity index (χ3n) is 4.39. The number of anilines is 1. The highest BCUT2D eigenvalue weighted by Crippen LogP contribution is 2.35. The average Bonchev–Trinajstić information content (AvgIpc) is 3.29. The minimum Gasteiger partial charge on any atom is -0.321 e. The lowest BCUT2D eigenvalue weighted by Crippen LogP contribution is -2.41. The molecule has 1 aliphatic carbocycles. The van der Waals surface area contributed by atoms with E-state index in [0.717, 1.165) is 24.8 Å². The first kappa shape index (κ1) is 13.8. The van der Waals surface area contributed by atoms with Gasteiger partial charge < -0.3 is 15.2 Å². The van der Waals surface area contributed by atoms with Crippen LogP contribution in [0.1, 0.15) is 29.2 Å². The molecule has 6 heteroatoms. The number of aromatic nitrogens is 2. The van der Waals surface area contributed by atoms with Gasteiger partial charge in [-0.2, -0.15) is 0 Å². The number of halogens is 1. The molecule has 114 valence electrons. The average molecular weight is 317 g/mol. The van der Waals surface area contributed by atoms with Crippen molar-refractivity contribution in [1.82, 2.24) is 14.9 Å². The SMILES string of the molecule is O=C(Nc1ccccc1Cl)c1cnc2n1CC(C1CC1)NC2. The molecule has 0 bridgehead atoms. The summed E-state index contributed by atoms with van der Waals surface area (Å²) >= 11 is 6.10. The molecule has 1 saturated carbocycles. The van der Waals surface area contributed by atoms with Crippen LogP contribution in [0.25, 0.3) is 0 Å². The van der Waals surface area contributed by atoms with Crippen molar-refractivity contribution >= 4 is 23.2 Å². The van der Waals surface area contributed by atoms with E-state index < -0.39 is 0 Å². The van der Waals surface area contributed by atoms with Crippen LogP contribution in [0, 0.1) is 5.92 Å². The van der Waals surface area contributed by atoms with E-state index >= 15 is 0 Å². The van der Waals surface area contributed by atoms with Crippen molar-refractivity contribution in [2.24, 2.45) is 5.92 Å². The molecule has 1 aromatic carbocycles. The van der Waals surface area contributed by atoms with Gasteiger partial charge in [0.05, 0.1) is 23.5 Å². The maximum absolute atomic E-state index is 12.5. The molecule has 4 rings (SSSR count). The van der Waals surface area contributed by atoms with Crippen molar-refractivity contribution in [3.05, 3.63) is 47.0 Å². The normalized spacial score (nSPS) is 20.5. The molecule has 1 amide bonds. The second-order valence-corrected chi connectivity index (χ2v) is 6.34. The van der Waals surface area contributed by atoms with Crippen LogP contribution in [0.15, 0.2) is 30.5 Å². The van der Waals surface area contributed by atoms with E-state index in [0.29, 0.717) is 22.4 Å². The molecule has 2 heterocycles. The van der Waals surface area contributed by atoms with Crippen LogP contribution < -0.4 is 10.6 Å². The molecule has 1 aromatic heterocycles. The highest BCUT2D eigenvalue weighted by molar-refractivity contribution is 6.33. The summed E-state index contributed by atoms with van der Waals surface area (Å²) in [6, 6.07) is 7.69. The fourth-order valence-corrected chi connectivity index (χ4v) is 3.17.